The molecule has 1 aromatic carbocycles. The molecule has 1 rings (SSSR count). The number of methoxy groups -OCH3 is 1. The summed E-state index contributed by atoms with van der Waals surface area (Å²) < 4.78 is 27.2. The minimum atomic E-state index is -4.08. The van der Waals surface area contributed by atoms with E-state index in [1.165, 1.54) is 7.11 Å². The first-order chi connectivity index (χ1) is 10.2. The zero-order chi connectivity index (χ0) is 16.9. The number of nitrogens with one attached hydrogen (secondary N) is 1. The minimum Gasteiger partial charge on any atom is -0.469 e. The summed E-state index contributed by atoms with van der Waals surface area (Å²) in [5.74, 6) is -0.994. The normalized spacial score (nSPS) is 11.1. The predicted molar refractivity (Wildman–Crippen MR) is 81.4 cm³/mol. The molecule has 0 fully saturated rings. The first-order valence-electron chi connectivity index (χ1n) is 6.03. The highest BCUT2D eigenvalue weighted by Gasteiger charge is 2.19. The number of nitrogens with two attached hydrogens (primary N) is 1. The zero-order valence-electron chi connectivity index (χ0n) is 11.6. The molecule has 1 aromatic rings. The summed E-state index contributed by atoms with van der Waals surface area (Å²) in [5.41, 5.74) is -0.0758. The van der Waals surface area contributed by atoms with E-state index in [-0.39, 0.29) is 28.6 Å². The lowest BCUT2D eigenvalue weighted by molar-refractivity contribution is -0.140. The van der Waals surface area contributed by atoms with Crippen molar-refractivity contribution >= 4 is 45.1 Å². The molecule has 0 aromatic heterocycles. The highest BCUT2D eigenvalue weighted by molar-refractivity contribution is 7.89. The highest BCUT2D eigenvalue weighted by Crippen LogP contribution is 2.27. The third kappa shape index (κ3) is 5.13. The molecule has 0 bridgehead atoms. The van der Waals surface area contributed by atoms with Crippen molar-refractivity contribution in [3.8, 4) is 0 Å². The van der Waals surface area contributed by atoms with Crippen molar-refractivity contribution in [1.29, 1.82) is 0 Å². The predicted octanol–water partition coefficient (Wildman–Crippen LogP) is 1.32. The van der Waals surface area contributed by atoms with Gasteiger partial charge in [0.25, 0.3) is 5.91 Å². The molecule has 1 amide bonds. The van der Waals surface area contributed by atoms with Crippen LogP contribution in [0, 0.1) is 0 Å². The summed E-state index contributed by atoms with van der Waals surface area (Å²) in [4.78, 5) is 22.5. The summed E-state index contributed by atoms with van der Waals surface area (Å²) in [6.07, 6.45) is 0.513. The van der Waals surface area contributed by atoms with Gasteiger partial charge in [0.15, 0.2) is 0 Å². The number of rotatable bonds is 6. The average Bonchev–Trinajstić information content (AvgIpc) is 2.41. The van der Waals surface area contributed by atoms with Crippen LogP contribution in [0.2, 0.25) is 10.0 Å². The van der Waals surface area contributed by atoms with Crippen molar-refractivity contribution in [1.82, 2.24) is 5.32 Å². The Labute approximate surface area is 137 Å². The fourth-order valence-corrected chi connectivity index (χ4v) is 2.96. The van der Waals surface area contributed by atoms with Crippen LogP contribution in [0.5, 0.6) is 0 Å². The molecular weight excluding hydrogens is 355 g/mol. The molecule has 0 saturated heterocycles. The van der Waals surface area contributed by atoms with Gasteiger partial charge in [-0.15, -0.1) is 0 Å². The molecule has 0 aliphatic carbocycles. The summed E-state index contributed by atoms with van der Waals surface area (Å²) in [7, 11) is -2.81. The van der Waals surface area contributed by atoms with Crippen molar-refractivity contribution in [2.45, 2.75) is 17.7 Å². The van der Waals surface area contributed by atoms with Gasteiger partial charge in [-0.1, -0.05) is 23.2 Å². The van der Waals surface area contributed by atoms with Crippen molar-refractivity contribution in [2.24, 2.45) is 5.14 Å². The van der Waals surface area contributed by atoms with Gasteiger partial charge in [0.05, 0.1) is 22.7 Å². The third-order valence-corrected chi connectivity index (χ3v) is 4.33. The lowest BCUT2D eigenvalue weighted by atomic mass is 10.2. The minimum absolute atomic E-state index is 0.0112. The van der Waals surface area contributed by atoms with Crippen LogP contribution in [0.4, 0.5) is 0 Å². The lowest BCUT2D eigenvalue weighted by Crippen LogP contribution is -2.26. The van der Waals surface area contributed by atoms with Crippen LogP contribution in [-0.4, -0.2) is 33.9 Å². The molecule has 0 spiro atoms. The molecule has 0 aliphatic heterocycles. The van der Waals surface area contributed by atoms with Crippen LogP contribution in [0.3, 0.4) is 0 Å². The Morgan fingerprint density at radius 2 is 1.91 bits per heavy atom. The Bertz CT molecular complexity index is 691. The maximum Gasteiger partial charge on any atom is 0.305 e. The van der Waals surface area contributed by atoms with Gasteiger partial charge in [-0.2, -0.15) is 0 Å². The second kappa shape index (κ2) is 7.77. The molecule has 0 aliphatic rings. The van der Waals surface area contributed by atoms with Gasteiger partial charge >= 0.3 is 5.97 Å². The van der Waals surface area contributed by atoms with Gasteiger partial charge in [0.1, 0.15) is 4.90 Å². The quantitative estimate of drug-likeness (QED) is 0.580. The van der Waals surface area contributed by atoms with Crippen LogP contribution >= 0.6 is 23.2 Å². The van der Waals surface area contributed by atoms with Gasteiger partial charge in [0.2, 0.25) is 10.0 Å². The monoisotopic (exact) mass is 368 g/mol. The number of halogens is 2. The van der Waals surface area contributed by atoms with Crippen LogP contribution < -0.4 is 10.5 Å². The van der Waals surface area contributed by atoms with Crippen LogP contribution in [0.15, 0.2) is 17.0 Å². The van der Waals surface area contributed by atoms with Crippen LogP contribution in [0.25, 0.3) is 0 Å². The second-order valence-corrected chi connectivity index (χ2v) is 6.59. The van der Waals surface area contributed by atoms with Gasteiger partial charge in [-0.05, 0) is 18.6 Å². The maximum atomic E-state index is 12.0. The van der Waals surface area contributed by atoms with Gasteiger partial charge in [-0.3, -0.25) is 9.59 Å². The standard InChI is InChI=1S/C12H14Cl2N2O5S/c1-21-11(17)3-2-4-16-12(18)7-5-10(22(15,19)20)9(14)6-8(7)13/h5-6H,2-4H2,1H3,(H,16,18)(H2,15,19,20). The molecule has 0 atom stereocenters. The van der Waals surface area contributed by atoms with Crippen LogP contribution in [-0.2, 0) is 19.6 Å². The Balaban J connectivity index is 2.84. The Morgan fingerprint density at radius 3 is 2.45 bits per heavy atom. The second-order valence-electron chi connectivity index (χ2n) is 4.24. The molecule has 0 unspecified atom stereocenters. The first kappa shape index (κ1) is 18.7. The van der Waals surface area contributed by atoms with E-state index in [9.17, 15) is 18.0 Å². The number of benzene rings is 1. The Morgan fingerprint density at radius 1 is 1.27 bits per heavy atom. The number of amides is 1. The average molecular weight is 369 g/mol. The summed E-state index contributed by atoms with van der Waals surface area (Å²) in [5, 5.41) is 7.33. The smallest absolute Gasteiger partial charge is 0.305 e. The van der Waals surface area contributed by atoms with E-state index in [1.807, 2.05) is 0 Å². The summed E-state index contributed by atoms with van der Waals surface area (Å²) in [6.45, 7) is 0.192. The number of hydrogen-bond donors (Lipinski definition) is 2. The molecule has 7 nitrogen and oxygen atoms in total. The molecule has 10 heteroatoms. The van der Waals surface area contributed by atoms with Gasteiger partial charge in [-0.25, -0.2) is 13.6 Å². The molecule has 22 heavy (non-hydrogen) atoms. The maximum absolute atomic E-state index is 12.0. The van der Waals surface area contributed by atoms with Crippen molar-refractivity contribution in [3.05, 3.63) is 27.7 Å². The highest BCUT2D eigenvalue weighted by atomic mass is 35.5. The molecule has 0 radical (unpaired) electrons. The van der Waals surface area contributed by atoms with Crippen molar-refractivity contribution in [2.75, 3.05) is 13.7 Å². The summed E-state index contributed by atoms with van der Waals surface area (Å²) in [6, 6.07) is 2.14. The summed E-state index contributed by atoms with van der Waals surface area (Å²) >= 11 is 11.6. The van der Waals surface area contributed by atoms with E-state index >= 15 is 0 Å². The van der Waals surface area contributed by atoms with E-state index < -0.39 is 26.8 Å². The largest absolute Gasteiger partial charge is 0.469 e. The molecule has 122 valence electrons. The van der Waals surface area contributed by atoms with Gasteiger partial charge < -0.3 is 10.1 Å². The van der Waals surface area contributed by atoms with Crippen molar-refractivity contribution < 1.29 is 22.7 Å². The number of carbonyl (C=O) groups excluding carboxylic acids is 2. The molecule has 0 saturated carbocycles. The fourth-order valence-electron chi connectivity index (χ4n) is 1.55. The van der Waals surface area contributed by atoms with Crippen molar-refractivity contribution in [3.63, 3.8) is 0 Å². The Kier molecular flexibility index (Phi) is 6.61. The molecule has 0 heterocycles. The van der Waals surface area contributed by atoms with E-state index in [0.29, 0.717) is 6.42 Å². The van der Waals surface area contributed by atoms with E-state index in [0.717, 1.165) is 12.1 Å². The fraction of sp³-hybridized carbons (Fsp3) is 0.333. The molecular formula is C12H14Cl2N2O5S. The number of hydrogen-bond acceptors (Lipinski definition) is 5. The first-order valence-corrected chi connectivity index (χ1v) is 8.34. The Hall–Kier alpha value is -1.35. The van der Waals surface area contributed by atoms with E-state index in [2.05, 4.69) is 10.1 Å². The number of esters is 1. The molecule has 3 N–H and O–H groups in total. The number of ether oxygens (including phenoxy) is 1. The SMILES string of the molecule is COC(=O)CCCNC(=O)c1cc(S(N)(=O)=O)c(Cl)cc1Cl. The zero-order valence-corrected chi connectivity index (χ0v) is 13.9. The van der Waals surface area contributed by atoms with E-state index in [4.69, 9.17) is 28.3 Å². The van der Waals surface area contributed by atoms with Crippen LogP contribution in [0.1, 0.15) is 23.2 Å². The lowest BCUT2D eigenvalue weighted by Gasteiger charge is -2.09. The number of sulfonamides is 1. The number of carbonyl (C=O) groups is 2. The van der Waals surface area contributed by atoms with Gasteiger partial charge in [0, 0.05) is 13.0 Å². The number of primary sulfonamides is 1. The third-order valence-electron chi connectivity index (χ3n) is 2.64. The topological polar surface area (TPSA) is 116 Å². The van der Waals surface area contributed by atoms with E-state index in [1.54, 1.807) is 0 Å².